The van der Waals surface area contributed by atoms with E-state index in [1.807, 2.05) is 6.07 Å². The summed E-state index contributed by atoms with van der Waals surface area (Å²) in [7, 11) is 0. The minimum atomic E-state index is 0.312. The molecule has 0 atom stereocenters. The Labute approximate surface area is 121 Å². The zero-order valence-corrected chi connectivity index (χ0v) is 12.3. The Morgan fingerprint density at radius 1 is 0.950 bits per heavy atom. The van der Waals surface area contributed by atoms with E-state index < -0.39 is 0 Å². The minimum Gasteiger partial charge on any atom is -0.384 e. The van der Waals surface area contributed by atoms with Crippen LogP contribution < -0.4 is 5.32 Å². The number of ether oxygens (including phenoxy) is 1. The fourth-order valence-electron chi connectivity index (χ4n) is 2.12. The summed E-state index contributed by atoms with van der Waals surface area (Å²) in [5.74, 6) is 0. The van der Waals surface area contributed by atoms with Crippen LogP contribution in [0.15, 0.2) is 54.6 Å². The molecule has 0 spiro atoms. The monoisotopic (exact) mass is 269 g/mol. The van der Waals surface area contributed by atoms with Gasteiger partial charge in [-0.05, 0) is 31.9 Å². The second-order valence-corrected chi connectivity index (χ2v) is 5.11. The molecule has 0 amide bonds. The zero-order chi connectivity index (χ0) is 14.2. The Morgan fingerprint density at radius 2 is 1.65 bits per heavy atom. The van der Waals surface area contributed by atoms with Crippen LogP contribution in [0.1, 0.15) is 20.3 Å². The van der Waals surface area contributed by atoms with Crippen LogP contribution in [-0.4, -0.2) is 19.3 Å². The maximum Gasteiger partial charge on any atom is 0.0518 e. The molecular formula is C18H23NO. The van der Waals surface area contributed by atoms with E-state index in [9.17, 15) is 0 Å². The number of rotatable bonds is 7. The summed E-state index contributed by atoms with van der Waals surface area (Å²) in [5, 5.41) is 3.51. The van der Waals surface area contributed by atoms with E-state index in [1.54, 1.807) is 0 Å². The summed E-state index contributed by atoms with van der Waals surface area (Å²) < 4.78 is 5.55. The number of para-hydroxylation sites is 1. The van der Waals surface area contributed by atoms with Gasteiger partial charge in [0.2, 0.25) is 0 Å². The van der Waals surface area contributed by atoms with Gasteiger partial charge in [-0.1, -0.05) is 48.5 Å². The first kappa shape index (κ1) is 14.6. The average Bonchev–Trinajstić information content (AvgIpc) is 2.48. The molecule has 0 fully saturated rings. The molecule has 1 N–H and O–H groups in total. The molecule has 0 aliphatic heterocycles. The van der Waals surface area contributed by atoms with Crippen molar-refractivity contribution in [3.63, 3.8) is 0 Å². The first-order valence-electron chi connectivity index (χ1n) is 7.27. The van der Waals surface area contributed by atoms with Crippen molar-refractivity contribution in [1.29, 1.82) is 0 Å². The topological polar surface area (TPSA) is 21.3 Å². The van der Waals surface area contributed by atoms with E-state index in [0.29, 0.717) is 6.10 Å². The first-order chi connectivity index (χ1) is 9.77. The summed E-state index contributed by atoms with van der Waals surface area (Å²) >= 11 is 0. The SMILES string of the molecule is CC(C)OCCCNc1ccccc1-c1ccccc1. The second-order valence-electron chi connectivity index (χ2n) is 5.11. The number of hydrogen-bond acceptors (Lipinski definition) is 2. The van der Waals surface area contributed by atoms with Crippen LogP contribution in [0.2, 0.25) is 0 Å². The van der Waals surface area contributed by atoms with Gasteiger partial charge in [0, 0.05) is 24.4 Å². The summed E-state index contributed by atoms with van der Waals surface area (Å²) in [6.07, 6.45) is 1.33. The van der Waals surface area contributed by atoms with Crippen LogP contribution in [0.3, 0.4) is 0 Å². The molecule has 2 aromatic carbocycles. The van der Waals surface area contributed by atoms with E-state index in [4.69, 9.17) is 4.74 Å². The lowest BCUT2D eigenvalue weighted by atomic mass is 10.0. The van der Waals surface area contributed by atoms with E-state index in [2.05, 4.69) is 67.7 Å². The van der Waals surface area contributed by atoms with Gasteiger partial charge < -0.3 is 10.1 Å². The number of hydrogen-bond donors (Lipinski definition) is 1. The van der Waals surface area contributed by atoms with Gasteiger partial charge in [0.25, 0.3) is 0 Å². The first-order valence-corrected chi connectivity index (χ1v) is 7.27. The van der Waals surface area contributed by atoms with Crippen LogP contribution in [0.25, 0.3) is 11.1 Å². The molecule has 106 valence electrons. The van der Waals surface area contributed by atoms with Crippen molar-refractivity contribution in [3.05, 3.63) is 54.6 Å². The maximum absolute atomic E-state index is 5.55. The predicted octanol–water partition coefficient (Wildman–Crippen LogP) is 4.58. The fourth-order valence-corrected chi connectivity index (χ4v) is 2.12. The summed E-state index contributed by atoms with van der Waals surface area (Å²) in [6.45, 7) is 5.87. The van der Waals surface area contributed by atoms with Crippen molar-refractivity contribution in [2.75, 3.05) is 18.5 Å². The summed E-state index contributed by atoms with van der Waals surface area (Å²) in [5.41, 5.74) is 3.68. The van der Waals surface area contributed by atoms with Gasteiger partial charge in [-0.3, -0.25) is 0 Å². The van der Waals surface area contributed by atoms with Gasteiger partial charge in [0.05, 0.1) is 6.10 Å². The van der Waals surface area contributed by atoms with Crippen LogP contribution >= 0.6 is 0 Å². The van der Waals surface area contributed by atoms with Gasteiger partial charge >= 0.3 is 0 Å². The van der Waals surface area contributed by atoms with Crippen molar-refractivity contribution in [2.24, 2.45) is 0 Å². The Kier molecular flexibility index (Phi) is 5.63. The zero-order valence-electron chi connectivity index (χ0n) is 12.3. The molecule has 0 heterocycles. The van der Waals surface area contributed by atoms with E-state index in [1.165, 1.54) is 16.8 Å². The van der Waals surface area contributed by atoms with E-state index in [-0.39, 0.29) is 0 Å². The van der Waals surface area contributed by atoms with Crippen molar-refractivity contribution < 1.29 is 4.74 Å². The van der Waals surface area contributed by atoms with Crippen LogP contribution in [-0.2, 0) is 4.74 Å². The molecule has 2 nitrogen and oxygen atoms in total. The van der Waals surface area contributed by atoms with Gasteiger partial charge in [0.1, 0.15) is 0 Å². The van der Waals surface area contributed by atoms with Crippen LogP contribution in [0.5, 0.6) is 0 Å². The second kappa shape index (κ2) is 7.71. The average molecular weight is 269 g/mol. The molecule has 0 aliphatic rings. The van der Waals surface area contributed by atoms with E-state index in [0.717, 1.165) is 19.6 Å². The Bertz CT molecular complexity index is 508. The molecule has 20 heavy (non-hydrogen) atoms. The third kappa shape index (κ3) is 4.39. The summed E-state index contributed by atoms with van der Waals surface area (Å²) in [6, 6.07) is 18.9. The highest BCUT2D eigenvalue weighted by Crippen LogP contribution is 2.27. The molecule has 0 radical (unpaired) electrons. The number of benzene rings is 2. The lowest BCUT2D eigenvalue weighted by Gasteiger charge is -2.13. The Hall–Kier alpha value is -1.80. The molecule has 0 unspecified atom stereocenters. The van der Waals surface area contributed by atoms with Gasteiger partial charge in [0.15, 0.2) is 0 Å². The van der Waals surface area contributed by atoms with Crippen molar-refractivity contribution >= 4 is 5.69 Å². The van der Waals surface area contributed by atoms with E-state index >= 15 is 0 Å². The summed E-state index contributed by atoms with van der Waals surface area (Å²) in [4.78, 5) is 0. The van der Waals surface area contributed by atoms with Crippen LogP contribution in [0, 0.1) is 0 Å². The molecular weight excluding hydrogens is 246 g/mol. The minimum absolute atomic E-state index is 0.312. The maximum atomic E-state index is 5.55. The highest BCUT2D eigenvalue weighted by molar-refractivity contribution is 5.77. The molecule has 2 rings (SSSR count). The van der Waals surface area contributed by atoms with Crippen LogP contribution in [0.4, 0.5) is 5.69 Å². The number of anilines is 1. The Morgan fingerprint density at radius 3 is 2.40 bits per heavy atom. The highest BCUT2D eigenvalue weighted by atomic mass is 16.5. The lowest BCUT2D eigenvalue weighted by Crippen LogP contribution is -2.09. The smallest absolute Gasteiger partial charge is 0.0518 e. The lowest BCUT2D eigenvalue weighted by molar-refractivity contribution is 0.0787. The molecule has 0 saturated heterocycles. The third-order valence-electron chi connectivity index (χ3n) is 3.10. The van der Waals surface area contributed by atoms with Gasteiger partial charge in [-0.2, -0.15) is 0 Å². The van der Waals surface area contributed by atoms with Gasteiger partial charge in [-0.15, -0.1) is 0 Å². The third-order valence-corrected chi connectivity index (χ3v) is 3.10. The molecule has 0 aromatic heterocycles. The number of nitrogens with one attached hydrogen (secondary N) is 1. The molecule has 0 saturated carbocycles. The quantitative estimate of drug-likeness (QED) is 0.743. The molecule has 0 bridgehead atoms. The largest absolute Gasteiger partial charge is 0.384 e. The fraction of sp³-hybridized carbons (Fsp3) is 0.333. The molecule has 2 heteroatoms. The molecule has 0 aliphatic carbocycles. The Balaban J connectivity index is 1.95. The highest BCUT2D eigenvalue weighted by Gasteiger charge is 2.03. The standard InChI is InChI=1S/C18H23NO/c1-15(2)20-14-8-13-19-18-12-7-6-11-17(18)16-9-4-3-5-10-16/h3-7,9-12,15,19H,8,13-14H2,1-2H3. The predicted molar refractivity (Wildman–Crippen MR) is 86.1 cm³/mol. The normalized spacial score (nSPS) is 10.8. The molecule has 2 aromatic rings. The van der Waals surface area contributed by atoms with Crippen molar-refractivity contribution in [1.82, 2.24) is 0 Å². The van der Waals surface area contributed by atoms with Crippen molar-refractivity contribution in [2.45, 2.75) is 26.4 Å². The van der Waals surface area contributed by atoms with Crippen molar-refractivity contribution in [3.8, 4) is 11.1 Å². The van der Waals surface area contributed by atoms with Gasteiger partial charge in [-0.25, -0.2) is 0 Å².